The van der Waals surface area contributed by atoms with Crippen molar-refractivity contribution in [1.29, 1.82) is 0 Å². The van der Waals surface area contributed by atoms with E-state index in [4.69, 9.17) is 9.72 Å². The number of nitrogens with one attached hydrogen (secondary N) is 3. The molecule has 3 N–H and O–H groups in total. The molecule has 2 aliphatic carbocycles. The summed E-state index contributed by atoms with van der Waals surface area (Å²) in [6.07, 6.45) is 8.77. The van der Waals surface area contributed by atoms with Gasteiger partial charge in [0.1, 0.15) is 23.7 Å². The highest BCUT2D eigenvalue weighted by Crippen LogP contribution is 2.46. The second kappa shape index (κ2) is 13.5. The molecule has 2 saturated carbocycles. The molecule has 3 aromatic rings. The Morgan fingerprint density at radius 2 is 1.90 bits per heavy atom. The molecule has 5 atom stereocenters. The minimum Gasteiger partial charge on any atom is -0.465 e. The standard InChI is InChI=1S/C35H44N6O6S3/c1-34(2,3)28-20-48-32(38-28)36-25-13-8-6-4-5-7-11-21-18-35(21,31(44)40-50(45,46)23-15-16-23)39-29(42)26-17-22(19-41(26)30(25)43)47-33-37-24-12-9-10-14-27(24)49-33/h7,9-12,14,20-23,25-26H,4-6,8,13,15-19H2,1-3H3,(H,36,38)(H,39,42)(H,40,44)/b11-7-/t21-,22-,25+,26+,35-/m1/s1. The minimum atomic E-state index is -3.83. The third-order valence-electron chi connectivity index (χ3n) is 9.95. The number of ether oxygens (including phenoxy) is 1. The topological polar surface area (TPSA) is 160 Å². The first kappa shape index (κ1) is 34.9. The second-order valence-electron chi connectivity index (χ2n) is 14.9. The average Bonchev–Trinajstić information content (AvgIpc) is 3.86. The first-order valence-electron chi connectivity index (χ1n) is 17.4. The van der Waals surface area contributed by atoms with Crippen LogP contribution >= 0.6 is 22.7 Å². The molecule has 4 heterocycles. The van der Waals surface area contributed by atoms with Crippen molar-refractivity contribution in [2.45, 2.75) is 113 Å². The maximum atomic E-state index is 14.6. The molecule has 15 heteroatoms. The van der Waals surface area contributed by atoms with Crippen LogP contribution in [0.4, 0.5) is 5.13 Å². The van der Waals surface area contributed by atoms with Crippen LogP contribution < -0.4 is 20.1 Å². The van der Waals surface area contributed by atoms with Crippen molar-refractivity contribution in [3.8, 4) is 5.19 Å². The molecule has 0 spiro atoms. The minimum absolute atomic E-state index is 0.148. The average molecular weight is 741 g/mol. The Morgan fingerprint density at radius 1 is 1.10 bits per heavy atom. The lowest BCUT2D eigenvalue weighted by Crippen LogP contribution is -2.57. The van der Waals surface area contributed by atoms with Gasteiger partial charge in [-0.3, -0.25) is 19.1 Å². The summed E-state index contributed by atoms with van der Waals surface area (Å²) in [5.41, 5.74) is 0.159. The summed E-state index contributed by atoms with van der Waals surface area (Å²) in [6, 6.07) is 6.12. The number of carbonyl (C=O) groups excluding carboxylic acids is 3. The monoisotopic (exact) mass is 740 g/mol. The van der Waals surface area contributed by atoms with Gasteiger partial charge < -0.3 is 20.3 Å². The van der Waals surface area contributed by atoms with Crippen molar-refractivity contribution in [2.75, 3.05) is 11.9 Å². The molecule has 2 aromatic heterocycles. The third kappa shape index (κ3) is 7.40. The van der Waals surface area contributed by atoms with E-state index < -0.39 is 50.8 Å². The highest BCUT2D eigenvalue weighted by atomic mass is 32.2. The molecule has 12 nitrogen and oxygen atoms in total. The zero-order chi connectivity index (χ0) is 35.3. The van der Waals surface area contributed by atoms with Crippen LogP contribution in [-0.4, -0.2) is 76.5 Å². The molecule has 2 aliphatic heterocycles. The van der Waals surface area contributed by atoms with E-state index >= 15 is 0 Å². The number of benzene rings is 1. The predicted octanol–water partition coefficient (Wildman–Crippen LogP) is 4.88. The van der Waals surface area contributed by atoms with E-state index in [2.05, 4.69) is 41.1 Å². The summed E-state index contributed by atoms with van der Waals surface area (Å²) < 4.78 is 35.1. The van der Waals surface area contributed by atoms with Gasteiger partial charge >= 0.3 is 0 Å². The van der Waals surface area contributed by atoms with Gasteiger partial charge in [0.2, 0.25) is 21.8 Å². The normalized spacial score (nSPS) is 28.5. The number of hydrogen-bond donors (Lipinski definition) is 3. The van der Waals surface area contributed by atoms with Crippen molar-refractivity contribution in [3.63, 3.8) is 0 Å². The molecular weight excluding hydrogens is 697 g/mol. The van der Waals surface area contributed by atoms with E-state index in [1.54, 1.807) is 4.90 Å². The molecule has 7 rings (SSSR count). The highest BCUT2D eigenvalue weighted by Gasteiger charge is 2.62. The fourth-order valence-electron chi connectivity index (χ4n) is 6.72. The molecule has 0 radical (unpaired) electrons. The van der Waals surface area contributed by atoms with Crippen LogP contribution in [-0.2, 0) is 29.8 Å². The van der Waals surface area contributed by atoms with Crippen molar-refractivity contribution in [1.82, 2.24) is 24.9 Å². The SMILES string of the molecule is CC(C)(C)c1csc(N[C@H]2CCCCC/C=C\[C@@H]3C[C@@]3(C(=O)NS(=O)(=O)C3CC3)NC(=O)[C@@H]3C[C@@H](Oc4nc5ccccc5s4)CN3C2=O)n1. The van der Waals surface area contributed by atoms with Crippen LogP contribution in [0.1, 0.15) is 84.3 Å². The fraction of sp³-hybridized carbons (Fsp3) is 0.571. The lowest BCUT2D eigenvalue weighted by atomic mass is 9.93. The van der Waals surface area contributed by atoms with E-state index in [9.17, 15) is 22.8 Å². The first-order chi connectivity index (χ1) is 23.8. The molecule has 50 heavy (non-hydrogen) atoms. The number of aromatic nitrogens is 2. The van der Waals surface area contributed by atoms with Gasteiger partial charge in [-0.25, -0.2) is 18.4 Å². The van der Waals surface area contributed by atoms with Crippen molar-refractivity contribution < 1.29 is 27.5 Å². The summed E-state index contributed by atoms with van der Waals surface area (Å²) in [5, 5.41) is 8.85. The number of nitrogens with zero attached hydrogens (tertiary/aromatic N) is 3. The van der Waals surface area contributed by atoms with Crippen molar-refractivity contribution >= 4 is 65.8 Å². The molecule has 0 bridgehead atoms. The Labute approximate surface area is 300 Å². The summed E-state index contributed by atoms with van der Waals surface area (Å²) in [7, 11) is -3.83. The van der Waals surface area contributed by atoms with Crippen LogP contribution in [0.3, 0.4) is 0 Å². The smallest absolute Gasteiger partial charge is 0.274 e. The maximum absolute atomic E-state index is 14.6. The molecule has 1 aromatic carbocycles. The number of allylic oxidation sites excluding steroid dienone is 1. The molecule has 1 saturated heterocycles. The van der Waals surface area contributed by atoms with Crippen molar-refractivity contribution in [3.05, 3.63) is 47.5 Å². The Hall–Kier alpha value is -3.56. The molecule has 0 unspecified atom stereocenters. The van der Waals surface area contributed by atoms with Gasteiger partial charge in [-0.05, 0) is 50.7 Å². The van der Waals surface area contributed by atoms with E-state index in [0.717, 1.165) is 41.6 Å². The van der Waals surface area contributed by atoms with Crippen LogP contribution in [0, 0.1) is 5.92 Å². The number of para-hydroxylation sites is 1. The lowest BCUT2D eigenvalue weighted by Gasteiger charge is -2.29. The predicted molar refractivity (Wildman–Crippen MR) is 194 cm³/mol. The molecule has 268 valence electrons. The van der Waals surface area contributed by atoms with E-state index in [-0.39, 0.29) is 36.6 Å². The fourth-order valence-corrected chi connectivity index (χ4v) is 9.96. The summed E-state index contributed by atoms with van der Waals surface area (Å²) in [4.78, 5) is 53.5. The number of amides is 3. The number of rotatable bonds is 7. The van der Waals surface area contributed by atoms with Gasteiger partial charge in [-0.15, -0.1) is 11.3 Å². The molecular formula is C35H44N6O6S3. The Morgan fingerprint density at radius 3 is 2.64 bits per heavy atom. The van der Waals surface area contributed by atoms with E-state index in [1.807, 2.05) is 41.8 Å². The number of hydrogen-bond acceptors (Lipinski definition) is 11. The summed E-state index contributed by atoms with van der Waals surface area (Å²) in [6.45, 7) is 6.42. The summed E-state index contributed by atoms with van der Waals surface area (Å²) in [5.74, 6) is -1.85. The largest absolute Gasteiger partial charge is 0.465 e. The van der Waals surface area contributed by atoms with Gasteiger partial charge in [0.25, 0.3) is 11.1 Å². The number of thiazole rings is 2. The maximum Gasteiger partial charge on any atom is 0.274 e. The Balaban J connectivity index is 1.18. The van der Waals surface area contributed by atoms with Crippen LogP contribution in [0.15, 0.2) is 41.8 Å². The lowest BCUT2D eigenvalue weighted by molar-refractivity contribution is -0.140. The third-order valence-corrected chi connectivity index (χ3v) is 13.5. The zero-order valence-electron chi connectivity index (χ0n) is 28.5. The number of carbonyl (C=O) groups is 3. The Bertz CT molecular complexity index is 1880. The first-order valence-corrected chi connectivity index (χ1v) is 20.7. The van der Waals surface area contributed by atoms with Gasteiger partial charge in [0, 0.05) is 23.1 Å². The van der Waals surface area contributed by atoms with Crippen molar-refractivity contribution in [2.24, 2.45) is 5.92 Å². The molecule has 3 amide bonds. The number of fused-ring (bicyclic) bond motifs is 3. The van der Waals surface area contributed by atoms with E-state index in [0.29, 0.717) is 29.6 Å². The van der Waals surface area contributed by atoms with E-state index in [1.165, 1.54) is 22.7 Å². The van der Waals surface area contributed by atoms with Crippen LogP contribution in [0.25, 0.3) is 10.2 Å². The summed E-state index contributed by atoms with van der Waals surface area (Å²) >= 11 is 2.85. The quantitative estimate of drug-likeness (QED) is 0.287. The number of sulfonamides is 1. The zero-order valence-corrected chi connectivity index (χ0v) is 31.0. The van der Waals surface area contributed by atoms with Gasteiger partial charge in [0.05, 0.1) is 27.7 Å². The molecule has 4 aliphatic rings. The van der Waals surface area contributed by atoms with Crippen LogP contribution in [0.5, 0.6) is 5.19 Å². The number of anilines is 1. The molecule has 3 fully saturated rings. The van der Waals surface area contributed by atoms with Crippen LogP contribution in [0.2, 0.25) is 0 Å². The highest BCUT2D eigenvalue weighted by molar-refractivity contribution is 7.91. The Kier molecular flexibility index (Phi) is 9.44. The van der Waals surface area contributed by atoms with Gasteiger partial charge in [-0.2, -0.15) is 0 Å². The van der Waals surface area contributed by atoms with Gasteiger partial charge in [0.15, 0.2) is 5.13 Å². The van der Waals surface area contributed by atoms with Gasteiger partial charge in [-0.1, -0.05) is 69.2 Å². The second-order valence-corrected chi connectivity index (χ2v) is 18.7.